The Bertz CT molecular complexity index is 3960. The van der Waals surface area contributed by atoms with Gasteiger partial charge in [-0.15, -0.1) is 26.3 Å². The van der Waals surface area contributed by atoms with Crippen molar-refractivity contribution in [1.29, 1.82) is 0 Å². The maximum Gasteiger partial charge on any atom is 0.586 e. The van der Waals surface area contributed by atoms with E-state index in [4.69, 9.17) is 23.2 Å². The van der Waals surface area contributed by atoms with Crippen LogP contribution in [-0.2, 0) is 18.9 Å². The second-order valence-corrected chi connectivity index (χ2v) is 20.3. The molecule has 0 fully saturated rings. The number of nitrogens with zero attached hydrogens (tertiary/aromatic N) is 10. The van der Waals surface area contributed by atoms with Gasteiger partial charge in [-0.1, -0.05) is 23.2 Å². The number of ether oxygens (including phenoxy) is 6. The molecule has 4 aliphatic rings. The largest absolute Gasteiger partial charge is 0.586 e. The highest BCUT2D eigenvalue weighted by Gasteiger charge is 2.46. The van der Waals surface area contributed by atoms with E-state index in [1.165, 1.54) is 78.3 Å². The Hall–Kier alpha value is -9.83. The Kier molecular flexibility index (Phi) is 15.6. The summed E-state index contributed by atoms with van der Waals surface area (Å²) < 4.78 is 109. The minimum atomic E-state index is -3.70. The summed E-state index contributed by atoms with van der Waals surface area (Å²) >= 11 is 12.3. The van der Waals surface area contributed by atoms with Crippen LogP contribution in [-0.4, -0.2) is 93.1 Å². The van der Waals surface area contributed by atoms with Crippen LogP contribution in [0.1, 0.15) is 62.8 Å². The molecule has 0 unspecified atom stereocenters. The van der Waals surface area contributed by atoms with Crippen molar-refractivity contribution in [2.75, 3.05) is 22.5 Å². The normalized spacial score (nSPS) is 15.1. The Morgan fingerprint density at radius 3 is 1.15 bits per heavy atom. The molecule has 4 aliphatic heterocycles. The molecule has 0 atom stereocenters. The number of amides is 3. The van der Waals surface area contributed by atoms with Crippen LogP contribution in [0.25, 0.3) is 33.8 Å². The second-order valence-electron chi connectivity index (χ2n) is 19.6. The van der Waals surface area contributed by atoms with Gasteiger partial charge in [0.2, 0.25) is 0 Å². The number of rotatable bonds is 9. The number of anilines is 3. The molecule has 0 aliphatic carbocycles. The molecule has 30 heteroatoms. The lowest BCUT2D eigenvalue weighted by molar-refractivity contribution is -0.287. The van der Waals surface area contributed by atoms with Crippen LogP contribution >= 0.6 is 23.2 Å². The van der Waals surface area contributed by atoms with Crippen molar-refractivity contribution in [1.82, 2.24) is 44.3 Å². The third-order valence-electron chi connectivity index (χ3n) is 13.2. The van der Waals surface area contributed by atoms with E-state index in [9.17, 15) is 40.7 Å². The average Bonchev–Trinajstić information content (AvgIpc) is 2.50. The Balaban J connectivity index is 0.000000143. The molecule has 3 amide bonds. The number of halogens is 8. The van der Waals surface area contributed by atoms with Gasteiger partial charge in [-0.25, -0.2) is 15.0 Å². The quantitative estimate of drug-likeness (QED) is 0.114. The zero-order valence-corrected chi connectivity index (χ0v) is 47.9. The minimum Gasteiger partial charge on any atom is -0.395 e. The molecule has 444 valence electrons. The maximum absolute atomic E-state index is 13.3. The van der Waals surface area contributed by atoms with E-state index in [0.29, 0.717) is 84.7 Å². The van der Waals surface area contributed by atoms with Gasteiger partial charge in [0.05, 0.1) is 82.1 Å². The highest BCUT2D eigenvalue weighted by molar-refractivity contribution is 6.35. The molecule has 9 heterocycles. The molecule has 0 saturated heterocycles. The van der Waals surface area contributed by atoms with E-state index in [2.05, 4.69) is 84.4 Å². The van der Waals surface area contributed by atoms with Gasteiger partial charge in [-0.2, -0.15) is 5.10 Å². The number of alkyl halides is 6. The van der Waals surface area contributed by atoms with Crippen LogP contribution in [0.3, 0.4) is 0 Å². The third-order valence-corrected chi connectivity index (χ3v) is 14.1. The van der Waals surface area contributed by atoms with Gasteiger partial charge in [-0.05, 0) is 113 Å². The van der Waals surface area contributed by atoms with Crippen molar-refractivity contribution in [2.45, 2.75) is 67.4 Å². The maximum atomic E-state index is 13.3. The van der Waals surface area contributed by atoms with E-state index in [0.717, 1.165) is 11.1 Å². The van der Waals surface area contributed by atoms with Gasteiger partial charge in [0, 0.05) is 42.7 Å². The standard InChI is InChI=1S/C19H15ClF2N4O3.C19H16F2N4O3.C18H14ClF2N5O3/c1-9-4-13-14(29-19(21,22)28-13)5-11(9)12-6-24-15(7-23-12)25-18(27)17-16(20)10(2)8-26(17)3;1-9-4-14-15(28-19(20,21)27-14)5-12(9)13-7-24-16(8-23-13)25-18(26)17-10(2)6-22-11(17)3;1-8-4-12-13(29-18(20,21)28-12)5-10(8)11-6-23-14(7-22-11)24-17(27)16-15(19)9(2)25-26(16)3/h4-8H,1-3H3,(H,24,25,27);4-5,7-8H,6H2,1-3H3,(H,24,25,26);4-7H,1-3H3,(H,23,24,27). The van der Waals surface area contributed by atoms with E-state index in [1.807, 2.05) is 6.92 Å². The SMILES string of the molecule is CC1=NCC(C)=C1C(=O)Nc1cnc(-c2cc3c(cc2C)OC(F)(F)O3)cn1.Cc1cc2c(cc1-c1cnc(NC(=O)c3c(Cl)c(C)cn3C)cn1)OC(F)(F)O2.Cc1cc2c(cc1-c1cnc(NC(=O)c3c(Cl)c(C)nn3C)cn1)OC(F)(F)O2. The summed E-state index contributed by atoms with van der Waals surface area (Å²) in [6.07, 6.45) is -0.899. The summed E-state index contributed by atoms with van der Waals surface area (Å²) in [5.41, 5.74) is 8.88. The summed E-state index contributed by atoms with van der Waals surface area (Å²) in [6.45, 7) is 12.8. The number of nitrogens with one attached hydrogen (secondary N) is 3. The van der Waals surface area contributed by atoms with Gasteiger partial charge in [0.1, 0.15) is 11.4 Å². The van der Waals surface area contributed by atoms with Gasteiger partial charge >= 0.3 is 18.9 Å². The number of hydrogen-bond donors (Lipinski definition) is 3. The summed E-state index contributed by atoms with van der Waals surface area (Å²) in [4.78, 5) is 66.9. The molecular weight excluding hydrogens is 1180 g/mol. The molecule has 0 spiro atoms. The molecule has 0 bridgehead atoms. The lowest BCUT2D eigenvalue weighted by Gasteiger charge is -2.09. The van der Waals surface area contributed by atoms with E-state index in [-0.39, 0.29) is 68.6 Å². The average molecular weight is 1230 g/mol. The molecule has 12 rings (SSSR count). The molecule has 8 aromatic rings. The monoisotopic (exact) mass is 1230 g/mol. The summed E-state index contributed by atoms with van der Waals surface area (Å²) in [5, 5.41) is 12.6. The smallest absolute Gasteiger partial charge is 0.395 e. The lowest BCUT2D eigenvalue weighted by atomic mass is 10.1. The second kappa shape index (κ2) is 22.6. The van der Waals surface area contributed by atoms with Crippen LogP contribution in [0.15, 0.2) is 95.9 Å². The van der Waals surface area contributed by atoms with Crippen LogP contribution in [0.4, 0.5) is 43.8 Å². The number of fused-ring (bicyclic) bond motifs is 3. The third kappa shape index (κ3) is 12.4. The molecule has 5 aromatic heterocycles. The van der Waals surface area contributed by atoms with Crippen LogP contribution in [0, 0.1) is 34.6 Å². The van der Waals surface area contributed by atoms with E-state index < -0.39 is 30.7 Å². The molecule has 22 nitrogen and oxygen atoms in total. The van der Waals surface area contributed by atoms with Crippen molar-refractivity contribution in [3.8, 4) is 68.3 Å². The number of aryl methyl sites for hydroxylation is 7. The number of aromatic nitrogens is 9. The van der Waals surface area contributed by atoms with Gasteiger partial charge in [-0.3, -0.25) is 39.0 Å². The predicted octanol–water partition coefficient (Wildman–Crippen LogP) is 11.6. The highest BCUT2D eigenvalue weighted by atomic mass is 35.5. The van der Waals surface area contributed by atoms with Crippen LogP contribution in [0.5, 0.6) is 34.5 Å². The van der Waals surface area contributed by atoms with E-state index in [1.54, 1.807) is 66.4 Å². The number of hydrogen-bond acceptors (Lipinski definition) is 17. The first-order valence-electron chi connectivity index (χ1n) is 25.4. The van der Waals surface area contributed by atoms with Crippen LogP contribution in [0.2, 0.25) is 10.0 Å². The van der Waals surface area contributed by atoms with Crippen molar-refractivity contribution < 1.29 is 69.1 Å². The Labute approximate surface area is 493 Å². The lowest BCUT2D eigenvalue weighted by Crippen LogP contribution is -2.25. The van der Waals surface area contributed by atoms with Crippen molar-refractivity contribution in [3.63, 3.8) is 0 Å². The van der Waals surface area contributed by atoms with Gasteiger partial charge < -0.3 is 48.9 Å². The summed E-state index contributed by atoms with van der Waals surface area (Å²) in [7, 11) is 3.32. The highest BCUT2D eigenvalue weighted by Crippen LogP contribution is 2.47. The molecular formula is C56H45Cl2F6N13O9. The van der Waals surface area contributed by atoms with Gasteiger partial charge in [0.25, 0.3) is 17.7 Å². The first kappa shape index (κ1) is 59.3. The zero-order chi connectivity index (χ0) is 61.9. The Morgan fingerprint density at radius 2 is 0.849 bits per heavy atom. The fourth-order valence-corrected chi connectivity index (χ4v) is 9.71. The first-order valence-corrected chi connectivity index (χ1v) is 26.1. The van der Waals surface area contributed by atoms with Gasteiger partial charge in [0.15, 0.2) is 52.0 Å². The molecule has 3 aromatic carbocycles. The minimum absolute atomic E-state index is 0.0275. The fraction of sp³-hybridized carbons (Fsp3) is 0.232. The zero-order valence-electron chi connectivity index (χ0n) is 46.4. The summed E-state index contributed by atoms with van der Waals surface area (Å²) in [5.74, 6) is -0.853. The molecule has 0 saturated carbocycles. The molecule has 3 N–H and O–H groups in total. The molecule has 0 radical (unpaired) electrons. The fourth-order valence-electron chi connectivity index (χ4n) is 9.20. The number of carbonyl (C=O) groups is 3. The van der Waals surface area contributed by atoms with Crippen LogP contribution < -0.4 is 44.4 Å². The topological polar surface area (TPSA) is 255 Å². The Morgan fingerprint density at radius 1 is 0.488 bits per heavy atom. The van der Waals surface area contributed by atoms with Crippen molar-refractivity contribution in [3.05, 3.63) is 140 Å². The predicted molar refractivity (Wildman–Crippen MR) is 299 cm³/mol. The van der Waals surface area contributed by atoms with E-state index >= 15 is 0 Å². The number of aliphatic imine (C=N–C) groups is 1. The van der Waals surface area contributed by atoms with Crippen molar-refractivity contribution in [2.24, 2.45) is 19.1 Å². The summed E-state index contributed by atoms with van der Waals surface area (Å²) in [6, 6.07) is 8.60. The first-order chi connectivity index (χ1) is 40.5. The number of carbonyl (C=O) groups excluding carboxylic acids is 3. The van der Waals surface area contributed by atoms with Crippen molar-refractivity contribution >= 4 is 64.1 Å². The molecule has 86 heavy (non-hydrogen) atoms. The number of benzene rings is 3.